The third-order valence-corrected chi connectivity index (χ3v) is 4.46. The molecule has 18 heteroatoms. The predicted octanol–water partition coefficient (Wildman–Crippen LogP) is 6.66. The van der Waals surface area contributed by atoms with Gasteiger partial charge in [0.05, 0.1) is 0 Å². The molecule has 0 fully saturated rings. The first-order valence-electron chi connectivity index (χ1n) is 8.78. The Labute approximate surface area is 215 Å². The molecule has 0 saturated carbocycles. The molecule has 0 heterocycles. The van der Waals surface area contributed by atoms with E-state index in [9.17, 15) is 56.2 Å². The number of ether oxygens (including phenoxy) is 1. The second-order valence-electron chi connectivity index (χ2n) is 5.82. The standard InChI is InChI=1S/C15H14FO.3BF4.K/c1-2-12-8-9-14(16)15(10-12)17-11-13-6-4-3-5-7-13;3*2-1(3,4)5;/h3-7,9-10H,2,11H2,1H3;;;;/q;3*-1;. The number of rotatable bonds is 4. The van der Waals surface area contributed by atoms with Crippen molar-refractivity contribution in [3.8, 4) is 5.75 Å². The largest absolute Gasteiger partial charge is 0.673 e. The summed E-state index contributed by atoms with van der Waals surface area (Å²) in [4.78, 5) is 0. The molecule has 0 saturated heterocycles. The van der Waals surface area contributed by atoms with Gasteiger partial charge >= 0.3 is 165 Å². The summed E-state index contributed by atoms with van der Waals surface area (Å²) in [6.07, 6.45) is 0.930. The van der Waals surface area contributed by atoms with Crippen molar-refractivity contribution in [1.82, 2.24) is 0 Å². The maximum absolute atomic E-state index is 13.8. The topological polar surface area (TPSA) is 9.23 Å². The second-order valence-corrected chi connectivity index (χ2v) is 7.50. The third kappa shape index (κ3) is 29.1. The Morgan fingerprint density at radius 1 is 0.727 bits per heavy atom. The fourth-order valence-electron chi connectivity index (χ4n) is 1.92. The van der Waals surface area contributed by atoms with Crippen LogP contribution in [0.2, 0.25) is 0 Å². The molecule has 0 aromatic heterocycles. The van der Waals surface area contributed by atoms with Crippen LogP contribution in [0, 0.1) is 5.82 Å². The molecular weight excluding hydrogens is 515 g/mol. The quantitative estimate of drug-likeness (QED) is 0.318. The van der Waals surface area contributed by atoms with E-state index in [1.54, 1.807) is 6.07 Å². The van der Waals surface area contributed by atoms with Gasteiger partial charge in [-0.25, -0.2) is 0 Å². The molecule has 0 unspecified atom stereocenters. The summed E-state index contributed by atoms with van der Waals surface area (Å²) >= 11 is 0.497. The van der Waals surface area contributed by atoms with Gasteiger partial charge < -0.3 is 51.8 Å². The van der Waals surface area contributed by atoms with E-state index < -0.39 is 21.8 Å². The number of hydrogen-bond acceptors (Lipinski definition) is 1. The van der Waals surface area contributed by atoms with Crippen molar-refractivity contribution in [2.24, 2.45) is 0 Å². The van der Waals surface area contributed by atoms with Crippen LogP contribution in [0.1, 0.15) is 18.1 Å². The molecule has 33 heavy (non-hydrogen) atoms. The maximum Gasteiger partial charge on any atom is 0.673 e. The molecule has 0 aliphatic rings. The average Bonchev–Trinajstić information content (AvgIpc) is 2.57. The molecule has 2 rings (SSSR count). The van der Waals surface area contributed by atoms with Crippen molar-refractivity contribution in [2.75, 3.05) is 0 Å². The van der Waals surface area contributed by atoms with E-state index in [1.165, 1.54) is 5.56 Å². The summed E-state index contributed by atoms with van der Waals surface area (Å²) in [5.74, 6) is 0.120. The molecule has 0 atom stereocenters. The van der Waals surface area contributed by atoms with Crippen molar-refractivity contribution in [3.63, 3.8) is 0 Å². The van der Waals surface area contributed by atoms with Crippen LogP contribution in [0.3, 0.4) is 0 Å². The maximum atomic E-state index is 13.8. The Morgan fingerprint density at radius 2 is 1.12 bits per heavy atom. The van der Waals surface area contributed by atoms with E-state index in [0.717, 1.165) is 11.6 Å². The average molecular weight is 529 g/mol. The van der Waals surface area contributed by atoms with Crippen molar-refractivity contribution >= 4 is 70.4 Å². The Bertz CT molecular complexity index is 752. The van der Waals surface area contributed by atoms with Gasteiger partial charge in [0.25, 0.3) is 0 Å². The molecule has 0 amide bonds. The van der Waals surface area contributed by atoms with E-state index in [2.05, 4.69) is 6.92 Å². The van der Waals surface area contributed by atoms with Gasteiger partial charge in [-0.3, -0.25) is 0 Å². The summed E-state index contributed by atoms with van der Waals surface area (Å²) in [6, 6.07) is 13.3. The zero-order valence-electron chi connectivity index (χ0n) is 17.0. The molecule has 0 aliphatic carbocycles. The molecule has 0 spiro atoms. The Morgan fingerprint density at radius 3 is 1.48 bits per heavy atom. The van der Waals surface area contributed by atoms with E-state index in [1.807, 2.05) is 36.4 Å². The van der Waals surface area contributed by atoms with Gasteiger partial charge in [0.2, 0.25) is 0 Å². The Balaban J connectivity index is 0. The van der Waals surface area contributed by atoms with E-state index in [-0.39, 0.29) is 5.82 Å². The van der Waals surface area contributed by atoms with Gasteiger partial charge in [0, 0.05) is 0 Å². The van der Waals surface area contributed by atoms with Crippen LogP contribution >= 0.6 is 0 Å². The van der Waals surface area contributed by atoms with Gasteiger partial charge in [0.15, 0.2) is 0 Å². The minimum atomic E-state index is -6.00. The van der Waals surface area contributed by atoms with E-state index in [0.29, 0.717) is 61.3 Å². The smallest absolute Gasteiger partial charge is 0.418 e. The van der Waals surface area contributed by atoms with Crippen LogP contribution in [0.4, 0.5) is 56.2 Å². The van der Waals surface area contributed by atoms with Gasteiger partial charge in [0.1, 0.15) is 0 Å². The molecule has 0 radical (unpaired) electrons. The van der Waals surface area contributed by atoms with Crippen LogP contribution < -0.4 is 4.39 Å². The summed E-state index contributed by atoms with van der Waals surface area (Å²) in [5.41, 5.74) is 2.26. The normalized spacial score (nSPS) is 11.2. The van der Waals surface area contributed by atoms with Crippen molar-refractivity contribution in [2.45, 2.75) is 20.0 Å². The van der Waals surface area contributed by atoms with Crippen molar-refractivity contribution in [1.29, 1.82) is 0 Å². The monoisotopic (exact) mass is 529 g/mol. The Hall–Kier alpha value is -0.839. The van der Waals surface area contributed by atoms with E-state index in [4.69, 9.17) is 4.74 Å². The summed E-state index contributed by atoms with van der Waals surface area (Å²) in [7, 11) is -18.0. The van der Waals surface area contributed by atoms with Gasteiger partial charge in [-0.05, 0) is 0 Å². The molecule has 184 valence electrons. The zero-order valence-corrected chi connectivity index (χ0v) is 20.1. The van der Waals surface area contributed by atoms with Gasteiger partial charge in [-0.1, -0.05) is 0 Å². The molecule has 0 N–H and O–H groups in total. The zero-order chi connectivity index (χ0) is 26.5. The minimum Gasteiger partial charge on any atom is -0.418 e. The number of aryl methyl sites for hydroxylation is 1. The minimum absolute atomic E-state index is 0.244. The molecule has 0 bridgehead atoms. The molecule has 1 nitrogen and oxygen atoms in total. The summed E-state index contributed by atoms with van der Waals surface area (Å²) in [5, 5.41) is 0. The van der Waals surface area contributed by atoms with Crippen molar-refractivity contribution in [3.05, 3.63) is 59.4 Å². The molecule has 0 aliphatic heterocycles. The van der Waals surface area contributed by atoms with Crippen LogP contribution in [-0.4, -0.2) is 70.7 Å². The van der Waals surface area contributed by atoms with Crippen LogP contribution in [0.15, 0.2) is 42.5 Å². The first kappa shape index (κ1) is 34.3. The third-order valence-electron chi connectivity index (χ3n) is 3.01. The summed E-state index contributed by atoms with van der Waals surface area (Å²) in [6.45, 7) is 2.49. The van der Waals surface area contributed by atoms with Crippen molar-refractivity contribution < 1.29 is 60.9 Å². The SMILES string of the molecule is CCc1cc(OCc2ccccc2)c(F)c[c]1[K].F[B-](F)(F)F.F[B-](F)(F)F.F[B-](F)(F)F. The second kappa shape index (κ2) is 15.9. The molecular formula is C15H14B3F13KO-3. The summed E-state index contributed by atoms with van der Waals surface area (Å²) < 4.78 is 138. The number of hydrogen-bond donors (Lipinski definition) is 0. The van der Waals surface area contributed by atoms with Gasteiger partial charge in [-0.15, -0.1) is 0 Å². The first-order valence-corrected chi connectivity index (χ1v) is 10.3. The number of halogens is 13. The number of benzene rings is 2. The fraction of sp³-hybridized carbons (Fsp3) is 0.200. The fourth-order valence-corrected chi connectivity index (χ4v) is 3.10. The van der Waals surface area contributed by atoms with Crippen LogP contribution in [-0.2, 0) is 13.0 Å². The Kier molecular flexibility index (Phi) is 16.6. The van der Waals surface area contributed by atoms with Crippen LogP contribution in [0.25, 0.3) is 0 Å². The molecule has 2 aromatic carbocycles. The van der Waals surface area contributed by atoms with E-state index >= 15 is 0 Å². The molecule has 2 aromatic rings. The predicted molar refractivity (Wildman–Crippen MR) is 102 cm³/mol. The first-order chi connectivity index (χ1) is 14.7. The van der Waals surface area contributed by atoms with Gasteiger partial charge in [-0.2, -0.15) is 0 Å². The van der Waals surface area contributed by atoms with Crippen LogP contribution in [0.5, 0.6) is 5.75 Å².